The number of fused-ring (bicyclic) bond motifs is 2. The first-order valence-electron chi connectivity index (χ1n) is 18.1. The zero-order valence-electron chi connectivity index (χ0n) is 30.5. The first-order valence-corrected chi connectivity index (χ1v) is 18.1. The minimum Gasteiger partial charge on any atom is -0.492 e. The Morgan fingerprint density at radius 1 is 0.375 bits per heavy atom. The van der Waals surface area contributed by atoms with E-state index in [4.69, 9.17) is 18.9 Å². The molecule has 9 rings (SSSR count). The summed E-state index contributed by atoms with van der Waals surface area (Å²) in [6.45, 7) is 0. The zero-order chi connectivity index (χ0) is 38.2. The van der Waals surface area contributed by atoms with Gasteiger partial charge in [0.1, 0.15) is 0 Å². The minimum atomic E-state index is -0.574. The van der Waals surface area contributed by atoms with Crippen molar-refractivity contribution in [2.75, 3.05) is 24.0 Å². The first-order chi connectivity index (χ1) is 27.6. The van der Waals surface area contributed by atoms with Crippen molar-refractivity contribution < 1.29 is 28.5 Å². The second kappa shape index (κ2) is 14.3. The van der Waals surface area contributed by atoms with Crippen LogP contribution in [0.15, 0.2) is 170 Å². The Balaban J connectivity index is 1.16. The third-order valence-corrected chi connectivity index (χ3v) is 9.91. The molecule has 0 fully saturated rings. The van der Waals surface area contributed by atoms with Crippen molar-refractivity contribution in [3.05, 3.63) is 191 Å². The number of esters is 2. The summed E-state index contributed by atoms with van der Waals surface area (Å²) in [5.41, 5.74) is 7.48. The van der Waals surface area contributed by atoms with Gasteiger partial charge in [-0.1, -0.05) is 97.1 Å². The van der Waals surface area contributed by atoms with E-state index in [0.29, 0.717) is 21.6 Å². The molecule has 0 bridgehead atoms. The molecule has 0 saturated heterocycles. The zero-order valence-corrected chi connectivity index (χ0v) is 30.5. The van der Waals surface area contributed by atoms with E-state index in [9.17, 15) is 9.59 Å². The maximum atomic E-state index is 13.8. The average Bonchev–Trinajstić information content (AvgIpc) is 3.78. The lowest BCUT2D eigenvalue weighted by molar-refractivity contribution is -0.128. The maximum absolute atomic E-state index is 13.8. The SMILES string of the molecule is COc1c2c(c(OC)c3c1=C(c1ccc(N(c4ccccc4)c4ccccc4)cc1)C(=O)O3)=C(c1ccc(N(c3ccccc3)c3ccccc3)cc1)C(=O)O2. The van der Waals surface area contributed by atoms with E-state index in [-0.39, 0.29) is 34.1 Å². The number of methoxy groups -OCH3 is 2. The summed E-state index contributed by atoms with van der Waals surface area (Å²) in [7, 11) is 2.96. The largest absolute Gasteiger partial charge is 0.492 e. The standard InChI is InChI=1S/C48H34N2O6/c1-53-43-41-39(31-23-27-37(28-24-31)49(33-15-7-3-8-16-33)34-17-9-4-10-18-34)47(51)56-46(41)44(54-2)42-40(48(52)55-45(42)43)32-25-29-38(30-26-32)50(35-19-11-5-12-20-35)36-21-13-6-14-22-36/h3-30H,1-2H3. The molecular formula is C48H34N2O6. The maximum Gasteiger partial charge on any atom is 0.345 e. The second-order valence-corrected chi connectivity index (χ2v) is 13.1. The number of carbonyl (C=O) groups excluding carboxylic acids is 2. The Bertz CT molecular complexity index is 2450. The van der Waals surface area contributed by atoms with Crippen LogP contribution in [-0.2, 0) is 9.59 Å². The lowest BCUT2D eigenvalue weighted by Gasteiger charge is -2.25. The fourth-order valence-electron chi connectivity index (χ4n) is 7.47. The highest BCUT2D eigenvalue weighted by atomic mass is 16.6. The summed E-state index contributed by atoms with van der Waals surface area (Å²) < 4.78 is 23.8. The number of rotatable bonds is 10. The number of hydrogen-bond donors (Lipinski definition) is 0. The number of nitrogens with zero attached hydrogens (tertiary/aromatic N) is 2. The second-order valence-electron chi connectivity index (χ2n) is 13.1. The van der Waals surface area contributed by atoms with Gasteiger partial charge >= 0.3 is 11.9 Å². The van der Waals surface area contributed by atoms with Crippen LogP contribution >= 0.6 is 0 Å². The summed E-state index contributed by atoms with van der Waals surface area (Å²) in [5.74, 6) is -0.418. The fourth-order valence-corrected chi connectivity index (χ4v) is 7.47. The van der Waals surface area contributed by atoms with Gasteiger partial charge in [0.15, 0.2) is 23.0 Å². The van der Waals surface area contributed by atoms with Gasteiger partial charge in [0.25, 0.3) is 0 Å². The van der Waals surface area contributed by atoms with Crippen LogP contribution in [0.2, 0.25) is 0 Å². The molecule has 0 radical (unpaired) electrons. The molecule has 0 saturated carbocycles. The minimum absolute atomic E-state index is 0.161. The average molecular weight is 735 g/mol. The van der Waals surface area contributed by atoms with Crippen LogP contribution in [-0.4, -0.2) is 26.2 Å². The van der Waals surface area contributed by atoms with Gasteiger partial charge in [-0.3, -0.25) is 0 Å². The van der Waals surface area contributed by atoms with Crippen LogP contribution in [0.3, 0.4) is 0 Å². The summed E-state index contributed by atoms with van der Waals surface area (Å²) >= 11 is 0. The van der Waals surface area contributed by atoms with Crippen LogP contribution in [0.1, 0.15) is 11.1 Å². The number of anilines is 6. The van der Waals surface area contributed by atoms with E-state index in [1.54, 1.807) is 0 Å². The molecule has 0 aromatic heterocycles. The number of benzene rings is 7. The Hall–Kier alpha value is -7.58. The molecule has 2 aliphatic heterocycles. The number of hydrogen-bond acceptors (Lipinski definition) is 8. The molecule has 0 N–H and O–H groups in total. The molecule has 8 nitrogen and oxygen atoms in total. The summed E-state index contributed by atoms with van der Waals surface area (Å²) in [5, 5.41) is 0.712. The highest BCUT2D eigenvalue weighted by molar-refractivity contribution is 6.22. The van der Waals surface area contributed by atoms with E-state index >= 15 is 0 Å². The van der Waals surface area contributed by atoms with Gasteiger partial charge in [-0.25, -0.2) is 9.59 Å². The number of carbonyl (C=O) groups is 2. The van der Waals surface area contributed by atoms with Crippen molar-refractivity contribution in [3.63, 3.8) is 0 Å². The van der Waals surface area contributed by atoms with Crippen molar-refractivity contribution in [2.45, 2.75) is 0 Å². The number of ether oxygens (including phenoxy) is 4. The normalized spacial score (nSPS) is 12.8. The summed E-state index contributed by atoms with van der Waals surface area (Å²) in [6.07, 6.45) is 0. The molecule has 0 spiro atoms. The van der Waals surface area contributed by atoms with Gasteiger partial charge in [0.2, 0.25) is 0 Å². The van der Waals surface area contributed by atoms with Crippen LogP contribution < -0.4 is 39.2 Å². The third-order valence-electron chi connectivity index (χ3n) is 9.91. The lowest BCUT2D eigenvalue weighted by Crippen LogP contribution is -2.18. The Kier molecular flexibility index (Phi) is 8.76. The predicted molar refractivity (Wildman–Crippen MR) is 217 cm³/mol. The molecule has 8 heteroatoms. The van der Waals surface area contributed by atoms with Crippen molar-refractivity contribution in [3.8, 4) is 23.0 Å². The van der Waals surface area contributed by atoms with Gasteiger partial charge in [0.05, 0.1) is 35.8 Å². The summed E-state index contributed by atoms with van der Waals surface area (Å²) in [4.78, 5) is 31.9. The van der Waals surface area contributed by atoms with Crippen LogP contribution in [0, 0.1) is 0 Å². The van der Waals surface area contributed by atoms with Crippen molar-refractivity contribution in [1.29, 1.82) is 0 Å². The molecule has 0 atom stereocenters. The Morgan fingerprint density at radius 2 is 0.643 bits per heavy atom. The first kappa shape index (κ1) is 34.2. The molecule has 0 aliphatic carbocycles. The van der Waals surface area contributed by atoms with Crippen LogP contribution in [0.25, 0.3) is 11.1 Å². The molecule has 2 heterocycles. The van der Waals surface area contributed by atoms with E-state index < -0.39 is 11.9 Å². The van der Waals surface area contributed by atoms with Crippen molar-refractivity contribution in [2.24, 2.45) is 0 Å². The molecule has 7 aromatic carbocycles. The summed E-state index contributed by atoms with van der Waals surface area (Å²) in [6, 6.07) is 55.6. The van der Waals surface area contributed by atoms with E-state index in [0.717, 1.165) is 34.1 Å². The molecular weight excluding hydrogens is 701 g/mol. The van der Waals surface area contributed by atoms with E-state index in [1.165, 1.54) is 14.2 Å². The molecule has 56 heavy (non-hydrogen) atoms. The fraction of sp³-hybridized carbons (Fsp3) is 0.0417. The quantitative estimate of drug-likeness (QED) is 0.102. The van der Waals surface area contributed by atoms with Crippen LogP contribution in [0.4, 0.5) is 34.1 Å². The third kappa shape index (κ3) is 5.81. The highest BCUT2D eigenvalue weighted by Gasteiger charge is 2.39. The monoisotopic (exact) mass is 734 g/mol. The molecule has 7 aromatic rings. The van der Waals surface area contributed by atoms with Crippen molar-refractivity contribution >= 4 is 57.2 Å². The van der Waals surface area contributed by atoms with E-state index in [2.05, 4.69) is 9.80 Å². The lowest BCUT2D eigenvalue weighted by atomic mass is 9.99. The molecule has 0 amide bonds. The smallest absolute Gasteiger partial charge is 0.345 e. The van der Waals surface area contributed by atoms with Gasteiger partial charge in [-0.15, -0.1) is 0 Å². The van der Waals surface area contributed by atoms with E-state index in [1.807, 2.05) is 170 Å². The van der Waals surface area contributed by atoms with Gasteiger partial charge in [-0.2, -0.15) is 0 Å². The van der Waals surface area contributed by atoms with Crippen LogP contribution in [0.5, 0.6) is 23.0 Å². The molecule has 272 valence electrons. The molecule has 0 unspecified atom stereocenters. The topological polar surface area (TPSA) is 77.5 Å². The van der Waals surface area contributed by atoms with Gasteiger partial charge in [-0.05, 0) is 83.9 Å². The number of para-hydroxylation sites is 4. The van der Waals surface area contributed by atoms with Gasteiger partial charge < -0.3 is 28.7 Å². The predicted octanol–water partition coefficient (Wildman–Crippen LogP) is 8.88. The Labute approximate surface area is 323 Å². The molecule has 2 aliphatic rings. The van der Waals surface area contributed by atoms with Gasteiger partial charge in [0, 0.05) is 34.1 Å². The Morgan fingerprint density at radius 3 is 0.911 bits per heavy atom. The highest BCUT2D eigenvalue weighted by Crippen LogP contribution is 2.41. The van der Waals surface area contributed by atoms with Crippen molar-refractivity contribution in [1.82, 2.24) is 0 Å².